The van der Waals surface area contributed by atoms with Crippen LogP contribution in [0.2, 0.25) is 0 Å². The number of aromatic nitrogens is 1. The summed E-state index contributed by atoms with van der Waals surface area (Å²) in [6.45, 7) is 1.54. The van der Waals surface area contributed by atoms with Crippen molar-refractivity contribution in [2.45, 2.75) is 13.0 Å². The first kappa shape index (κ1) is 13.2. The Labute approximate surface area is 111 Å². The van der Waals surface area contributed by atoms with Crippen LogP contribution in [0.15, 0.2) is 48.7 Å². The Morgan fingerprint density at radius 1 is 1.16 bits per heavy atom. The summed E-state index contributed by atoms with van der Waals surface area (Å²) < 4.78 is 0. The second-order valence-corrected chi connectivity index (χ2v) is 4.17. The van der Waals surface area contributed by atoms with E-state index >= 15 is 0 Å². The maximum Gasteiger partial charge on any atom is 0.269 e. The first-order valence-electron chi connectivity index (χ1n) is 6.09. The number of nitro groups is 1. The second kappa shape index (κ2) is 6.61. The van der Waals surface area contributed by atoms with Gasteiger partial charge in [-0.2, -0.15) is 0 Å². The highest BCUT2D eigenvalue weighted by Gasteiger charge is 2.03. The third-order valence-corrected chi connectivity index (χ3v) is 2.77. The topological polar surface area (TPSA) is 68.1 Å². The predicted molar refractivity (Wildman–Crippen MR) is 72.7 cm³/mol. The molecule has 0 saturated carbocycles. The zero-order valence-electron chi connectivity index (χ0n) is 10.5. The molecule has 0 atom stereocenters. The third kappa shape index (κ3) is 4.15. The molecule has 0 fully saturated rings. The average molecular weight is 257 g/mol. The van der Waals surface area contributed by atoms with Crippen molar-refractivity contribution in [3.63, 3.8) is 0 Å². The first-order valence-corrected chi connectivity index (χ1v) is 6.09. The highest BCUT2D eigenvalue weighted by molar-refractivity contribution is 5.32. The van der Waals surface area contributed by atoms with Gasteiger partial charge in [-0.05, 0) is 30.7 Å². The van der Waals surface area contributed by atoms with Crippen LogP contribution in [0.3, 0.4) is 0 Å². The summed E-state index contributed by atoms with van der Waals surface area (Å²) in [5, 5.41) is 13.8. The lowest BCUT2D eigenvalue weighted by Gasteiger charge is -2.04. The van der Waals surface area contributed by atoms with E-state index in [0.717, 1.165) is 30.8 Å². The molecule has 5 heteroatoms. The van der Waals surface area contributed by atoms with Crippen molar-refractivity contribution in [2.75, 3.05) is 6.54 Å². The minimum absolute atomic E-state index is 0.130. The molecule has 5 nitrogen and oxygen atoms in total. The van der Waals surface area contributed by atoms with Crippen molar-refractivity contribution in [3.05, 3.63) is 70.0 Å². The van der Waals surface area contributed by atoms with Crippen molar-refractivity contribution >= 4 is 5.69 Å². The number of benzene rings is 1. The summed E-state index contributed by atoms with van der Waals surface area (Å²) in [6, 6.07) is 12.5. The smallest absolute Gasteiger partial charge is 0.269 e. The summed E-state index contributed by atoms with van der Waals surface area (Å²) in [5.74, 6) is 0. The van der Waals surface area contributed by atoms with Gasteiger partial charge in [-0.3, -0.25) is 15.1 Å². The van der Waals surface area contributed by atoms with E-state index < -0.39 is 0 Å². The van der Waals surface area contributed by atoms with Gasteiger partial charge >= 0.3 is 0 Å². The first-order chi connectivity index (χ1) is 9.25. The van der Waals surface area contributed by atoms with E-state index in [1.165, 1.54) is 12.1 Å². The fraction of sp³-hybridized carbons (Fsp3) is 0.214. The number of non-ortho nitro benzene ring substituents is 1. The van der Waals surface area contributed by atoms with Crippen molar-refractivity contribution < 1.29 is 4.92 Å². The second-order valence-electron chi connectivity index (χ2n) is 4.17. The van der Waals surface area contributed by atoms with Crippen LogP contribution in [0.5, 0.6) is 0 Å². The lowest BCUT2D eigenvalue weighted by atomic mass is 10.1. The zero-order valence-corrected chi connectivity index (χ0v) is 10.5. The summed E-state index contributed by atoms with van der Waals surface area (Å²) in [6.07, 6.45) is 2.61. The molecule has 0 spiro atoms. The maximum absolute atomic E-state index is 10.5. The quantitative estimate of drug-likeness (QED) is 0.490. The molecule has 0 unspecified atom stereocenters. The third-order valence-electron chi connectivity index (χ3n) is 2.77. The monoisotopic (exact) mass is 257 g/mol. The Bertz CT molecular complexity index is 526. The fourth-order valence-electron chi connectivity index (χ4n) is 1.74. The molecule has 1 aromatic carbocycles. The minimum atomic E-state index is -0.386. The number of rotatable bonds is 6. The van der Waals surface area contributed by atoms with Gasteiger partial charge in [0.1, 0.15) is 0 Å². The van der Waals surface area contributed by atoms with Crippen LogP contribution < -0.4 is 5.32 Å². The van der Waals surface area contributed by atoms with E-state index in [9.17, 15) is 10.1 Å². The van der Waals surface area contributed by atoms with E-state index in [1.54, 1.807) is 18.3 Å². The Kier molecular flexibility index (Phi) is 4.58. The molecule has 1 heterocycles. The van der Waals surface area contributed by atoms with E-state index in [2.05, 4.69) is 10.3 Å². The van der Waals surface area contributed by atoms with Crippen LogP contribution in [-0.2, 0) is 13.0 Å². The molecular weight excluding hydrogens is 242 g/mol. The standard InChI is InChI=1S/C14H15N3O2/c18-17(19)14-6-4-12(5-7-14)8-10-15-11-13-3-1-2-9-16-13/h1-7,9,15H,8,10-11H2. The molecule has 2 aromatic rings. The van der Waals surface area contributed by atoms with Crippen molar-refractivity contribution in [1.29, 1.82) is 0 Å². The summed E-state index contributed by atoms with van der Waals surface area (Å²) >= 11 is 0. The molecule has 0 aliphatic rings. The summed E-state index contributed by atoms with van der Waals surface area (Å²) in [7, 11) is 0. The van der Waals surface area contributed by atoms with Gasteiger partial charge < -0.3 is 5.32 Å². The van der Waals surface area contributed by atoms with Gasteiger partial charge in [-0.1, -0.05) is 18.2 Å². The normalized spacial score (nSPS) is 10.3. The maximum atomic E-state index is 10.5. The summed E-state index contributed by atoms with van der Waals surface area (Å²) in [4.78, 5) is 14.3. The minimum Gasteiger partial charge on any atom is -0.311 e. The van der Waals surface area contributed by atoms with Crippen molar-refractivity contribution in [2.24, 2.45) is 0 Å². The Morgan fingerprint density at radius 2 is 1.95 bits per heavy atom. The van der Waals surface area contributed by atoms with Crippen LogP contribution in [0, 0.1) is 10.1 Å². The Balaban J connectivity index is 1.75. The molecule has 0 aliphatic carbocycles. The van der Waals surface area contributed by atoms with Crippen LogP contribution in [0.25, 0.3) is 0 Å². The molecule has 0 amide bonds. The Morgan fingerprint density at radius 3 is 2.58 bits per heavy atom. The molecule has 1 N–H and O–H groups in total. The number of hydrogen-bond donors (Lipinski definition) is 1. The molecule has 0 radical (unpaired) electrons. The van der Waals surface area contributed by atoms with Crippen molar-refractivity contribution in [3.8, 4) is 0 Å². The van der Waals surface area contributed by atoms with Gasteiger partial charge in [0.15, 0.2) is 0 Å². The van der Waals surface area contributed by atoms with Gasteiger partial charge in [0, 0.05) is 24.9 Å². The fourth-order valence-corrected chi connectivity index (χ4v) is 1.74. The van der Waals surface area contributed by atoms with E-state index in [-0.39, 0.29) is 10.6 Å². The molecule has 0 saturated heterocycles. The molecule has 0 aliphatic heterocycles. The SMILES string of the molecule is O=[N+]([O-])c1ccc(CCNCc2ccccn2)cc1. The lowest BCUT2D eigenvalue weighted by molar-refractivity contribution is -0.384. The summed E-state index contributed by atoms with van der Waals surface area (Å²) in [5.41, 5.74) is 2.22. The molecule has 19 heavy (non-hydrogen) atoms. The van der Waals surface area contributed by atoms with E-state index in [4.69, 9.17) is 0 Å². The van der Waals surface area contributed by atoms with E-state index in [1.807, 2.05) is 18.2 Å². The highest BCUT2D eigenvalue weighted by atomic mass is 16.6. The number of pyridine rings is 1. The largest absolute Gasteiger partial charge is 0.311 e. The van der Waals surface area contributed by atoms with Gasteiger partial charge in [0.25, 0.3) is 5.69 Å². The van der Waals surface area contributed by atoms with Crippen LogP contribution in [0.1, 0.15) is 11.3 Å². The van der Waals surface area contributed by atoms with Gasteiger partial charge in [-0.25, -0.2) is 0 Å². The van der Waals surface area contributed by atoms with Crippen LogP contribution in [0.4, 0.5) is 5.69 Å². The number of nitrogens with one attached hydrogen (secondary N) is 1. The van der Waals surface area contributed by atoms with Crippen molar-refractivity contribution in [1.82, 2.24) is 10.3 Å². The van der Waals surface area contributed by atoms with Crippen LogP contribution in [-0.4, -0.2) is 16.5 Å². The van der Waals surface area contributed by atoms with Gasteiger partial charge in [-0.15, -0.1) is 0 Å². The number of nitro benzene ring substituents is 1. The Hall–Kier alpha value is -2.27. The van der Waals surface area contributed by atoms with E-state index in [0.29, 0.717) is 0 Å². The predicted octanol–water partition coefficient (Wildman–Crippen LogP) is 2.32. The van der Waals surface area contributed by atoms with Gasteiger partial charge in [0.05, 0.1) is 10.6 Å². The molecule has 98 valence electrons. The number of nitrogens with zero attached hydrogens (tertiary/aromatic N) is 2. The number of hydrogen-bond acceptors (Lipinski definition) is 4. The average Bonchev–Trinajstić information content (AvgIpc) is 2.45. The zero-order chi connectivity index (χ0) is 13.5. The van der Waals surface area contributed by atoms with Gasteiger partial charge in [0.2, 0.25) is 0 Å². The molecule has 1 aromatic heterocycles. The van der Waals surface area contributed by atoms with Crippen LogP contribution >= 0.6 is 0 Å². The lowest BCUT2D eigenvalue weighted by Crippen LogP contribution is -2.17. The molecule has 2 rings (SSSR count). The molecular formula is C14H15N3O2. The molecule has 0 bridgehead atoms. The highest BCUT2D eigenvalue weighted by Crippen LogP contribution is 2.11.